The van der Waals surface area contributed by atoms with E-state index in [1.54, 1.807) is 19.2 Å². The second-order valence-corrected chi connectivity index (χ2v) is 8.80. The van der Waals surface area contributed by atoms with E-state index in [0.29, 0.717) is 53.3 Å². The first-order valence-corrected chi connectivity index (χ1v) is 11.3. The van der Waals surface area contributed by atoms with Gasteiger partial charge in [-0.3, -0.25) is 9.69 Å². The number of benzene rings is 2. The van der Waals surface area contributed by atoms with Crippen LogP contribution in [-0.2, 0) is 6.54 Å². The summed E-state index contributed by atoms with van der Waals surface area (Å²) in [5.41, 5.74) is 2.33. The Labute approximate surface area is 195 Å². The van der Waals surface area contributed by atoms with Gasteiger partial charge < -0.3 is 14.4 Å². The van der Waals surface area contributed by atoms with Crippen molar-refractivity contribution in [3.8, 4) is 17.6 Å². The topological polar surface area (TPSA) is 65.8 Å². The maximum Gasteiger partial charge on any atom is 0.254 e. The lowest BCUT2D eigenvalue weighted by molar-refractivity contribution is 0.0628. The molecule has 0 bridgehead atoms. The van der Waals surface area contributed by atoms with Crippen LogP contribution in [0.1, 0.15) is 41.8 Å². The van der Waals surface area contributed by atoms with Gasteiger partial charge >= 0.3 is 0 Å². The summed E-state index contributed by atoms with van der Waals surface area (Å²) < 4.78 is 11.3. The number of halogens is 1. The summed E-state index contributed by atoms with van der Waals surface area (Å²) in [6.45, 7) is 8.46. The highest BCUT2D eigenvalue weighted by Crippen LogP contribution is 2.37. The first-order chi connectivity index (χ1) is 15.4. The standard InChI is InChI=1S/C25H30ClN3O3/c1-18(2)8-13-32-24-22(26)14-21(15-23(24)31-3)25(30)29-11-9-28(10-12-29)17-20-6-4-19(16-27)5-7-20/h4-7,14-15,18H,8-13,17H2,1-3H3. The number of hydrogen-bond donors (Lipinski definition) is 0. The van der Waals surface area contributed by atoms with Crippen LogP contribution in [0.3, 0.4) is 0 Å². The molecule has 1 amide bonds. The minimum atomic E-state index is -0.0584. The second-order valence-electron chi connectivity index (χ2n) is 8.40. The molecule has 32 heavy (non-hydrogen) atoms. The molecule has 0 saturated carbocycles. The smallest absolute Gasteiger partial charge is 0.254 e. The van der Waals surface area contributed by atoms with E-state index < -0.39 is 0 Å². The summed E-state index contributed by atoms with van der Waals surface area (Å²) in [5, 5.41) is 9.31. The fourth-order valence-electron chi connectivity index (χ4n) is 3.61. The van der Waals surface area contributed by atoms with E-state index in [1.807, 2.05) is 29.2 Å². The number of amides is 1. The molecule has 2 aromatic carbocycles. The van der Waals surface area contributed by atoms with E-state index in [-0.39, 0.29) is 5.91 Å². The number of nitrogens with zero attached hydrogens (tertiary/aromatic N) is 3. The van der Waals surface area contributed by atoms with Crippen LogP contribution in [0, 0.1) is 17.2 Å². The quantitative estimate of drug-likeness (QED) is 0.581. The third kappa shape index (κ3) is 6.15. The van der Waals surface area contributed by atoms with Crippen molar-refractivity contribution < 1.29 is 14.3 Å². The molecular formula is C25H30ClN3O3. The second kappa shape index (κ2) is 11.2. The number of nitriles is 1. The van der Waals surface area contributed by atoms with E-state index in [1.165, 1.54) is 0 Å². The lowest BCUT2D eigenvalue weighted by Crippen LogP contribution is -2.48. The van der Waals surface area contributed by atoms with E-state index in [4.69, 9.17) is 26.3 Å². The van der Waals surface area contributed by atoms with Crippen LogP contribution in [0.25, 0.3) is 0 Å². The van der Waals surface area contributed by atoms with Gasteiger partial charge in [-0.05, 0) is 42.2 Å². The summed E-state index contributed by atoms with van der Waals surface area (Å²) in [5.74, 6) is 1.43. The molecule has 1 fully saturated rings. The summed E-state index contributed by atoms with van der Waals surface area (Å²) >= 11 is 6.44. The molecule has 0 unspecified atom stereocenters. The Morgan fingerprint density at radius 2 is 1.84 bits per heavy atom. The zero-order chi connectivity index (χ0) is 23.1. The third-order valence-corrected chi connectivity index (χ3v) is 5.85. The predicted octanol–water partition coefficient (Wildman–Crippen LogP) is 4.60. The summed E-state index contributed by atoms with van der Waals surface area (Å²) in [4.78, 5) is 17.2. The highest BCUT2D eigenvalue weighted by Gasteiger charge is 2.24. The van der Waals surface area contributed by atoms with Crippen LogP contribution in [0.4, 0.5) is 0 Å². The predicted molar refractivity (Wildman–Crippen MR) is 125 cm³/mol. The number of rotatable bonds is 8. The monoisotopic (exact) mass is 455 g/mol. The number of carbonyl (C=O) groups is 1. The fraction of sp³-hybridized carbons (Fsp3) is 0.440. The zero-order valence-electron chi connectivity index (χ0n) is 18.9. The summed E-state index contributed by atoms with van der Waals surface area (Å²) in [6, 6.07) is 13.1. The Hall–Kier alpha value is -2.75. The van der Waals surface area contributed by atoms with E-state index in [0.717, 1.165) is 31.6 Å². The minimum absolute atomic E-state index is 0.0584. The van der Waals surface area contributed by atoms with E-state index in [2.05, 4.69) is 24.8 Å². The number of carbonyl (C=O) groups excluding carboxylic acids is 1. The Morgan fingerprint density at radius 3 is 2.44 bits per heavy atom. The van der Waals surface area contributed by atoms with Gasteiger partial charge in [-0.1, -0.05) is 37.6 Å². The van der Waals surface area contributed by atoms with Crippen LogP contribution >= 0.6 is 11.6 Å². The van der Waals surface area contributed by atoms with Gasteiger partial charge in [0.1, 0.15) is 0 Å². The molecule has 3 rings (SSSR count). The largest absolute Gasteiger partial charge is 0.493 e. The Kier molecular flexibility index (Phi) is 8.38. The molecule has 0 spiro atoms. The number of piperazine rings is 1. The molecule has 6 nitrogen and oxygen atoms in total. The maximum absolute atomic E-state index is 13.1. The van der Waals surface area contributed by atoms with Crippen molar-refractivity contribution in [1.29, 1.82) is 5.26 Å². The SMILES string of the molecule is COc1cc(C(=O)N2CCN(Cc3ccc(C#N)cc3)CC2)cc(Cl)c1OCCC(C)C. The van der Waals surface area contributed by atoms with Crippen LogP contribution < -0.4 is 9.47 Å². The van der Waals surface area contributed by atoms with Crippen LogP contribution in [0.2, 0.25) is 5.02 Å². The normalized spacial score (nSPS) is 14.3. The average molecular weight is 456 g/mol. The highest BCUT2D eigenvalue weighted by molar-refractivity contribution is 6.32. The molecule has 1 aliphatic rings. The summed E-state index contributed by atoms with van der Waals surface area (Å²) in [7, 11) is 1.55. The van der Waals surface area contributed by atoms with Gasteiger partial charge in [0.25, 0.3) is 5.91 Å². The van der Waals surface area contributed by atoms with Crippen LogP contribution in [0.5, 0.6) is 11.5 Å². The van der Waals surface area contributed by atoms with Crippen molar-refractivity contribution >= 4 is 17.5 Å². The first-order valence-electron chi connectivity index (χ1n) is 10.9. The van der Waals surface area contributed by atoms with Crippen molar-refractivity contribution in [3.63, 3.8) is 0 Å². The lowest BCUT2D eigenvalue weighted by Gasteiger charge is -2.35. The molecule has 1 saturated heterocycles. The van der Waals surface area contributed by atoms with Crippen molar-refractivity contribution in [2.45, 2.75) is 26.8 Å². The minimum Gasteiger partial charge on any atom is -0.493 e. The van der Waals surface area contributed by atoms with Crippen LogP contribution in [-0.4, -0.2) is 55.6 Å². The number of hydrogen-bond acceptors (Lipinski definition) is 5. The first kappa shape index (κ1) is 23.9. The molecule has 0 atom stereocenters. The number of ether oxygens (including phenoxy) is 2. The Morgan fingerprint density at radius 1 is 1.16 bits per heavy atom. The van der Waals surface area contributed by atoms with Crippen molar-refractivity contribution in [1.82, 2.24) is 9.80 Å². The van der Waals surface area contributed by atoms with Crippen molar-refractivity contribution in [2.75, 3.05) is 39.9 Å². The average Bonchev–Trinajstić information content (AvgIpc) is 2.80. The van der Waals surface area contributed by atoms with Gasteiger partial charge in [0.05, 0.1) is 30.4 Å². The molecule has 170 valence electrons. The van der Waals surface area contributed by atoms with Gasteiger partial charge in [0, 0.05) is 38.3 Å². The van der Waals surface area contributed by atoms with E-state index in [9.17, 15) is 4.79 Å². The van der Waals surface area contributed by atoms with Crippen LogP contribution in [0.15, 0.2) is 36.4 Å². The molecule has 1 aliphatic heterocycles. The van der Waals surface area contributed by atoms with Gasteiger partial charge in [0.15, 0.2) is 11.5 Å². The molecule has 0 radical (unpaired) electrons. The number of methoxy groups -OCH3 is 1. The molecule has 7 heteroatoms. The Bertz CT molecular complexity index is 962. The molecule has 0 aliphatic carbocycles. The fourth-order valence-corrected chi connectivity index (χ4v) is 3.88. The van der Waals surface area contributed by atoms with Gasteiger partial charge in [-0.2, -0.15) is 5.26 Å². The molecule has 2 aromatic rings. The third-order valence-electron chi connectivity index (χ3n) is 5.57. The highest BCUT2D eigenvalue weighted by atomic mass is 35.5. The van der Waals surface area contributed by atoms with Gasteiger partial charge in [-0.15, -0.1) is 0 Å². The van der Waals surface area contributed by atoms with Gasteiger partial charge in [0.2, 0.25) is 0 Å². The molecular weight excluding hydrogens is 426 g/mol. The zero-order valence-corrected chi connectivity index (χ0v) is 19.7. The molecule has 1 heterocycles. The lowest BCUT2D eigenvalue weighted by atomic mass is 10.1. The van der Waals surface area contributed by atoms with Gasteiger partial charge in [-0.25, -0.2) is 0 Å². The molecule has 0 N–H and O–H groups in total. The molecule has 0 aromatic heterocycles. The summed E-state index contributed by atoms with van der Waals surface area (Å²) in [6.07, 6.45) is 0.910. The maximum atomic E-state index is 13.1. The Balaban J connectivity index is 1.60. The van der Waals surface area contributed by atoms with Crippen molar-refractivity contribution in [3.05, 3.63) is 58.1 Å². The van der Waals surface area contributed by atoms with E-state index >= 15 is 0 Å². The van der Waals surface area contributed by atoms with Crippen molar-refractivity contribution in [2.24, 2.45) is 5.92 Å².